The summed E-state index contributed by atoms with van der Waals surface area (Å²) in [7, 11) is 0. The van der Waals surface area contributed by atoms with E-state index in [9.17, 15) is 0 Å². The van der Waals surface area contributed by atoms with E-state index in [2.05, 4.69) is 24.3 Å². The van der Waals surface area contributed by atoms with E-state index in [1.54, 1.807) is 0 Å². The van der Waals surface area contributed by atoms with Gasteiger partial charge in [-0.1, -0.05) is 54.1 Å². The highest BCUT2D eigenvalue weighted by molar-refractivity contribution is 6.30. The van der Waals surface area contributed by atoms with Crippen LogP contribution in [0, 0.1) is 0 Å². The van der Waals surface area contributed by atoms with Crippen LogP contribution in [0.25, 0.3) is 0 Å². The number of hydrogen-bond donors (Lipinski definition) is 1. The third kappa shape index (κ3) is 1.86. The van der Waals surface area contributed by atoms with Gasteiger partial charge in [0, 0.05) is 16.5 Å². The van der Waals surface area contributed by atoms with E-state index in [1.165, 1.54) is 11.1 Å². The lowest BCUT2D eigenvalue weighted by Gasteiger charge is -2.12. The maximum atomic E-state index is 6.45. The van der Waals surface area contributed by atoms with Crippen molar-refractivity contribution in [2.45, 2.75) is 17.9 Å². The second-order valence-corrected chi connectivity index (χ2v) is 5.15. The molecule has 0 aliphatic heterocycles. The second kappa shape index (κ2) is 3.86. The Labute approximate surface area is 106 Å². The standard InChI is InChI=1S/C15H14ClN/c16-13-8-6-11(7-9-13)14-10-15(14,17)12-4-2-1-3-5-12/h1-9,14H,10,17H2/t14-,15-/m0/s1. The van der Waals surface area contributed by atoms with E-state index in [-0.39, 0.29) is 5.54 Å². The predicted molar refractivity (Wildman–Crippen MR) is 71.1 cm³/mol. The normalized spacial score (nSPS) is 26.8. The Morgan fingerprint density at radius 2 is 1.65 bits per heavy atom. The Morgan fingerprint density at radius 3 is 2.29 bits per heavy atom. The van der Waals surface area contributed by atoms with Gasteiger partial charge in [-0.2, -0.15) is 0 Å². The quantitative estimate of drug-likeness (QED) is 0.856. The van der Waals surface area contributed by atoms with E-state index in [4.69, 9.17) is 17.3 Å². The molecule has 2 N–H and O–H groups in total. The van der Waals surface area contributed by atoms with Gasteiger partial charge in [0.15, 0.2) is 0 Å². The molecule has 86 valence electrons. The van der Waals surface area contributed by atoms with Crippen LogP contribution in [-0.2, 0) is 5.54 Å². The van der Waals surface area contributed by atoms with Crippen LogP contribution < -0.4 is 5.73 Å². The Morgan fingerprint density at radius 1 is 1.00 bits per heavy atom. The molecule has 1 nitrogen and oxygen atoms in total. The van der Waals surface area contributed by atoms with E-state index in [1.807, 2.05) is 30.3 Å². The zero-order valence-electron chi connectivity index (χ0n) is 9.44. The van der Waals surface area contributed by atoms with Crippen molar-refractivity contribution >= 4 is 11.6 Å². The van der Waals surface area contributed by atoms with E-state index in [0.29, 0.717) is 5.92 Å². The van der Waals surface area contributed by atoms with Gasteiger partial charge in [-0.3, -0.25) is 0 Å². The third-order valence-corrected chi connectivity index (χ3v) is 3.84. The summed E-state index contributed by atoms with van der Waals surface area (Å²) in [6.45, 7) is 0. The minimum absolute atomic E-state index is 0.185. The second-order valence-electron chi connectivity index (χ2n) is 4.71. The highest BCUT2D eigenvalue weighted by Crippen LogP contribution is 2.56. The smallest absolute Gasteiger partial charge is 0.0486 e. The molecule has 3 rings (SSSR count). The summed E-state index contributed by atoms with van der Waals surface area (Å²) in [6, 6.07) is 18.3. The lowest BCUT2D eigenvalue weighted by atomic mass is 10.00. The van der Waals surface area contributed by atoms with Gasteiger partial charge in [-0.15, -0.1) is 0 Å². The van der Waals surface area contributed by atoms with Crippen molar-refractivity contribution in [3.05, 3.63) is 70.7 Å². The number of benzene rings is 2. The van der Waals surface area contributed by atoms with Crippen LogP contribution in [0.2, 0.25) is 5.02 Å². The Bertz CT molecular complexity index is 520. The lowest BCUT2D eigenvalue weighted by molar-refractivity contribution is 0.706. The summed E-state index contributed by atoms with van der Waals surface area (Å²) in [5.74, 6) is 0.419. The maximum absolute atomic E-state index is 6.45. The van der Waals surface area contributed by atoms with Gasteiger partial charge in [0.2, 0.25) is 0 Å². The highest BCUT2D eigenvalue weighted by Gasteiger charge is 2.52. The van der Waals surface area contributed by atoms with Crippen LogP contribution in [-0.4, -0.2) is 0 Å². The monoisotopic (exact) mass is 243 g/mol. The molecular weight excluding hydrogens is 230 g/mol. The van der Waals surface area contributed by atoms with Crippen LogP contribution in [0.1, 0.15) is 23.5 Å². The Hall–Kier alpha value is -1.31. The van der Waals surface area contributed by atoms with Gasteiger partial charge in [-0.25, -0.2) is 0 Å². The van der Waals surface area contributed by atoms with Crippen LogP contribution in [0.15, 0.2) is 54.6 Å². The fourth-order valence-corrected chi connectivity index (χ4v) is 2.58. The van der Waals surface area contributed by atoms with E-state index < -0.39 is 0 Å². The summed E-state index contributed by atoms with van der Waals surface area (Å²) < 4.78 is 0. The van der Waals surface area contributed by atoms with Gasteiger partial charge >= 0.3 is 0 Å². The molecule has 0 aromatic heterocycles. The molecule has 0 bridgehead atoms. The molecule has 2 atom stereocenters. The molecule has 0 saturated heterocycles. The lowest BCUT2D eigenvalue weighted by Crippen LogP contribution is -2.21. The summed E-state index contributed by atoms with van der Waals surface area (Å²) >= 11 is 5.89. The SMILES string of the molecule is N[C@]1(c2ccccc2)C[C@H]1c1ccc(Cl)cc1. The Balaban J connectivity index is 1.88. The fourth-order valence-electron chi connectivity index (χ4n) is 2.46. The van der Waals surface area contributed by atoms with Gasteiger partial charge < -0.3 is 5.73 Å². The molecule has 0 heterocycles. The zero-order valence-corrected chi connectivity index (χ0v) is 10.2. The fraction of sp³-hybridized carbons (Fsp3) is 0.200. The molecule has 0 radical (unpaired) electrons. The zero-order chi connectivity index (χ0) is 11.9. The molecule has 0 amide bonds. The number of hydrogen-bond acceptors (Lipinski definition) is 1. The first-order valence-corrected chi connectivity index (χ1v) is 6.18. The first-order valence-electron chi connectivity index (χ1n) is 5.80. The van der Waals surface area contributed by atoms with Crippen LogP contribution in [0.5, 0.6) is 0 Å². The molecule has 17 heavy (non-hydrogen) atoms. The van der Waals surface area contributed by atoms with Gasteiger partial charge in [-0.05, 0) is 29.7 Å². The van der Waals surface area contributed by atoms with Crippen molar-refractivity contribution in [3.63, 3.8) is 0 Å². The minimum atomic E-state index is -0.185. The predicted octanol–water partition coefficient (Wildman–Crippen LogP) is 3.68. The van der Waals surface area contributed by atoms with Gasteiger partial charge in [0.05, 0.1) is 0 Å². The molecule has 1 fully saturated rings. The third-order valence-electron chi connectivity index (χ3n) is 3.59. The van der Waals surface area contributed by atoms with Crippen molar-refractivity contribution in [3.8, 4) is 0 Å². The largest absolute Gasteiger partial charge is 0.321 e. The van der Waals surface area contributed by atoms with Crippen molar-refractivity contribution in [1.29, 1.82) is 0 Å². The van der Waals surface area contributed by atoms with Crippen molar-refractivity contribution in [2.75, 3.05) is 0 Å². The van der Waals surface area contributed by atoms with Gasteiger partial charge in [0.1, 0.15) is 0 Å². The molecule has 0 spiro atoms. The Kier molecular flexibility index (Phi) is 2.46. The molecule has 2 heteroatoms. The molecule has 1 aliphatic carbocycles. The van der Waals surface area contributed by atoms with E-state index >= 15 is 0 Å². The van der Waals surface area contributed by atoms with Crippen LogP contribution >= 0.6 is 11.6 Å². The molecule has 1 saturated carbocycles. The molecular formula is C15H14ClN. The highest BCUT2D eigenvalue weighted by atomic mass is 35.5. The summed E-state index contributed by atoms with van der Waals surface area (Å²) in [6.07, 6.45) is 1.01. The average molecular weight is 244 g/mol. The number of rotatable bonds is 2. The topological polar surface area (TPSA) is 26.0 Å². The number of halogens is 1. The van der Waals surface area contributed by atoms with Gasteiger partial charge in [0.25, 0.3) is 0 Å². The first-order chi connectivity index (χ1) is 8.20. The average Bonchev–Trinajstić information content (AvgIpc) is 3.05. The van der Waals surface area contributed by atoms with Crippen molar-refractivity contribution in [1.82, 2.24) is 0 Å². The summed E-state index contributed by atoms with van der Waals surface area (Å²) in [5, 5.41) is 0.775. The summed E-state index contributed by atoms with van der Waals surface area (Å²) in [4.78, 5) is 0. The molecule has 2 aromatic rings. The molecule has 1 aliphatic rings. The number of nitrogens with two attached hydrogens (primary N) is 1. The van der Waals surface area contributed by atoms with E-state index in [0.717, 1.165) is 11.4 Å². The van der Waals surface area contributed by atoms with Crippen molar-refractivity contribution in [2.24, 2.45) is 5.73 Å². The maximum Gasteiger partial charge on any atom is 0.0486 e. The molecule has 0 unspecified atom stereocenters. The van der Waals surface area contributed by atoms with Crippen molar-refractivity contribution < 1.29 is 0 Å². The van der Waals surface area contributed by atoms with Crippen LogP contribution in [0.3, 0.4) is 0 Å². The molecule has 2 aromatic carbocycles. The van der Waals surface area contributed by atoms with Crippen LogP contribution in [0.4, 0.5) is 0 Å². The minimum Gasteiger partial charge on any atom is -0.321 e. The first kappa shape index (κ1) is 10.8. The summed E-state index contributed by atoms with van der Waals surface area (Å²) in [5.41, 5.74) is 8.76.